The number of rotatable bonds is 3. The summed E-state index contributed by atoms with van der Waals surface area (Å²) < 4.78 is 7.29. The van der Waals surface area contributed by atoms with E-state index in [0.717, 1.165) is 11.4 Å². The maximum atomic E-state index is 8.79. The third kappa shape index (κ3) is 2.83. The number of nitriles is 1. The summed E-state index contributed by atoms with van der Waals surface area (Å²) in [5.41, 5.74) is 1.98. The van der Waals surface area contributed by atoms with E-state index < -0.39 is 0 Å². The Bertz CT molecular complexity index is 659. The number of nitrogens with zero attached hydrogens (tertiary/aromatic N) is 3. The van der Waals surface area contributed by atoms with Gasteiger partial charge in [-0.15, -0.1) is 0 Å². The second-order valence-electron chi connectivity index (χ2n) is 4.01. The van der Waals surface area contributed by atoms with Gasteiger partial charge in [0.25, 0.3) is 0 Å². The number of ether oxygens (including phenoxy) is 1. The molecule has 1 heterocycles. The molecule has 0 aliphatic carbocycles. The molecular formula is C13H11Cl2N3O. The van der Waals surface area contributed by atoms with Gasteiger partial charge in [0, 0.05) is 13.1 Å². The minimum absolute atomic E-state index is 0.290. The molecule has 4 nitrogen and oxygen atoms in total. The molecule has 0 aliphatic rings. The highest BCUT2D eigenvalue weighted by Crippen LogP contribution is 2.24. The van der Waals surface area contributed by atoms with E-state index in [1.165, 1.54) is 0 Å². The van der Waals surface area contributed by atoms with Gasteiger partial charge in [0.2, 0.25) is 0 Å². The van der Waals surface area contributed by atoms with Gasteiger partial charge < -0.3 is 4.74 Å². The molecule has 2 rings (SSSR count). The molecule has 0 unspecified atom stereocenters. The average molecular weight is 296 g/mol. The molecule has 98 valence electrons. The Morgan fingerprint density at radius 2 is 2.16 bits per heavy atom. The van der Waals surface area contributed by atoms with E-state index in [2.05, 4.69) is 5.10 Å². The number of hydrogen-bond donors (Lipinski definition) is 0. The molecule has 0 N–H and O–H groups in total. The molecule has 0 radical (unpaired) electrons. The van der Waals surface area contributed by atoms with Gasteiger partial charge in [0.1, 0.15) is 18.4 Å². The van der Waals surface area contributed by atoms with Crippen LogP contribution >= 0.6 is 23.2 Å². The van der Waals surface area contributed by atoms with E-state index in [1.807, 2.05) is 20.0 Å². The predicted octanol–water partition coefficient (Wildman–Crippen LogP) is 3.49. The fourth-order valence-corrected chi connectivity index (χ4v) is 2.09. The van der Waals surface area contributed by atoms with Gasteiger partial charge >= 0.3 is 0 Å². The Hall–Kier alpha value is -1.70. The highest BCUT2D eigenvalue weighted by Gasteiger charge is 2.12. The molecule has 0 atom stereocenters. The molecule has 2 aromatic rings. The minimum atomic E-state index is 0.290. The first-order valence-corrected chi connectivity index (χ1v) is 6.29. The summed E-state index contributed by atoms with van der Waals surface area (Å²) in [4.78, 5) is 0. The van der Waals surface area contributed by atoms with E-state index in [0.29, 0.717) is 28.0 Å². The summed E-state index contributed by atoms with van der Waals surface area (Å²) in [5.74, 6) is 0.582. The van der Waals surface area contributed by atoms with Gasteiger partial charge in [0.15, 0.2) is 0 Å². The molecule has 1 aromatic carbocycles. The van der Waals surface area contributed by atoms with Crippen LogP contribution in [0.15, 0.2) is 18.2 Å². The van der Waals surface area contributed by atoms with Crippen LogP contribution in [0.3, 0.4) is 0 Å². The van der Waals surface area contributed by atoms with E-state index in [1.54, 1.807) is 22.9 Å². The minimum Gasteiger partial charge on any atom is -0.487 e. The summed E-state index contributed by atoms with van der Waals surface area (Å²) in [6.07, 6.45) is 0. The van der Waals surface area contributed by atoms with Crippen LogP contribution in [0.1, 0.15) is 17.0 Å². The maximum absolute atomic E-state index is 8.79. The second-order valence-corrected chi connectivity index (χ2v) is 4.80. The van der Waals surface area contributed by atoms with Gasteiger partial charge in [0.05, 0.1) is 27.0 Å². The number of aryl methyl sites for hydroxylation is 2. The third-order valence-electron chi connectivity index (χ3n) is 2.70. The highest BCUT2D eigenvalue weighted by atomic mass is 35.5. The Morgan fingerprint density at radius 3 is 2.68 bits per heavy atom. The summed E-state index contributed by atoms with van der Waals surface area (Å²) in [7, 11) is 1.81. The lowest BCUT2D eigenvalue weighted by molar-refractivity contribution is 0.295. The van der Waals surface area contributed by atoms with Crippen molar-refractivity contribution in [2.45, 2.75) is 13.5 Å². The summed E-state index contributed by atoms with van der Waals surface area (Å²) >= 11 is 12.1. The van der Waals surface area contributed by atoms with Gasteiger partial charge in [-0.3, -0.25) is 4.68 Å². The van der Waals surface area contributed by atoms with E-state index >= 15 is 0 Å². The molecule has 0 fully saturated rings. The van der Waals surface area contributed by atoms with Crippen molar-refractivity contribution < 1.29 is 4.74 Å². The van der Waals surface area contributed by atoms with Crippen LogP contribution in [0.25, 0.3) is 0 Å². The van der Waals surface area contributed by atoms with E-state index in [4.69, 9.17) is 33.2 Å². The Morgan fingerprint density at radius 1 is 1.42 bits per heavy atom. The molecule has 0 aliphatic heterocycles. The average Bonchev–Trinajstić information content (AvgIpc) is 2.61. The van der Waals surface area contributed by atoms with Crippen molar-refractivity contribution in [1.29, 1.82) is 5.26 Å². The first-order chi connectivity index (χ1) is 9.02. The number of benzene rings is 1. The summed E-state index contributed by atoms with van der Waals surface area (Å²) in [6, 6.07) is 6.92. The second kappa shape index (κ2) is 5.52. The lowest BCUT2D eigenvalue weighted by Crippen LogP contribution is -2.03. The third-order valence-corrected chi connectivity index (χ3v) is 3.50. The van der Waals surface area contributed by atoms with Crippen LogP contribution in [0, 0.1) is 18.3 Å². The van der Waals surface area contributed by atoms with E-state index in [9.17, 15) is 0 Å². The van der Waals surface area contributed by atoms with Crippen molar-refractivity contribution >= 4 is 23.2 Å². The van der Waals surface area contributed by atoms with Crippen LogP contribution in [0.5, 0.6) is 5.75 Å². The fraction of sp³-hybridized carbons (Fsp3) is 0.231. The first-order valence-electron chi connectivity index (χ1n) is 5.53. The van der Waals surface area contributed by atoms with Crippen LogP contribution < -0.4 is 4.74 Å². The molecular weight excluding hydrogens is 285 g/mol. The van der Waals surface area contributed by atoms with E-state index in [-0.39, 0.29) is 0 Å². The van der Waals surface area contributed by atoms with Gasteiger partial charge in [-0.2, -0.15) is 10.4 Å². The van der Waals surface area contributed by atoms with Crippen LogP contribution in [0.2, 0.25) is 10.0 Å². The van der Waals surface area contributed by atoms with Crippen LogP contribution in [-0.2, 0) is 13.7 Å². The van der Waals surface area contributed by atoms with Gasteiger partial charge in [-0.1, -0.05) is 23.2 Å². The zero-order valence-electron chi connectivity index (χ0n) is 10.4. The number of halogens is 2. The molecule has 19 heavy (non-hydrogen) atoms. The molecule has 0 saturated carbocycles. The molecule has 1 aromatic heterocycles. The fourth-order valence-electron chi connectivity index (χ4n) is 1.66. The predicted molar refractivity (Wildman–Crippen MR) is 73.5 cm³/mol. The molecule has 0 saturated heterocycles. The van der Waals surface area contributed by atoms with Crippen LogP contribution in [0.4, 0.5) is 0 Å². The lowest BCUT2D eigenvalue weighted by Gasteiger charge is -2.07. The topological polar surface area (TPSA) is 50.8 Å². The standard InChI is InChI=1S/C13H11Cl2N3O/c1-8-13(15)12(18(2)17-8)7-19-10-4-3-9(6-16)11(14)5-10/h3-5H,7H2,1-2H3. The highest BCUT2D eigenvalue weighted by molar-refractivity contribution is 6.32. The smallest absolute Gasteiger partial charge is 0.131 e. The normalized spacial score (nSPS) is 10.3. The molecule has 0 bridgehead atoms. The van der Waals surface area contributed by atoms with Crippen molar-refractivity contribution in [2.75, 3.05) is 0 Å². The lowest BCUT2D eigenvalue weighted by atomic mass is 10.2. The molecule has 0 spiro atoms. The summed E-state index contributed by atoms with van der Waals surface area (Å²) in [6.45, 7) is 2.13. The largest absolute Gasteiger partial charge is 0.487 e. The number of aromatic nitrogens is 2. The van der Waals surface area contributed by atoms with Crippen molar-refractivity contribution in [3.05, 3.63) is 45.2 Å². The van der Waals surface area contributed by atoms with Crippen molar-refractivity contribution in [3.63, 3.8) is 0 Å². The zero-order chi connectivity index (χ0) is 14.0. The number of hydrogen-bond acceptors (Lipinski definition) is 3. The molecule has 0 amide bonds. The first kappa shape index (κ1) is 13.7. The Balaban J connectivity index is 2.15. The van der Waals surface area contributed by atoms with Crippen LogP contribution in [-0.4, -0.2) is 9.78 Å². The zero-order valence-corrected chi connectivity index (χ0v) is 12.0. The molecule has 6 heteroatoms. The van der Waals surface area contributed by atoms with Crippen molar-refractivity contribution in [1.82, 2.24) is 9.78 Å². The Labute approximate surface area is 121 Å². The SMILES string of the molecule is Cc1nn(C)c(COc2ccc(C#N)c(Cl)c2)c1Cl. The quantitative estimate of drug-likeness (QED) is 0.871. The van der Waals surface area contributed by atoms with Crippen molar-refractivity contribution in [2.24, 2.45) is 7.05 Å². The van der Waals surface area contributed by atoms with Crippen molar-refractivity contribution in [3.8, 4) is 11.8 Å². The maximum Gasteiger partial charge on any atom is 0.131 e. The van der Waals surface area contributed by atoms with Gasteiger partial charge in [-0.25, -0.2) is 0 Å². The Kier molecular flexibility index (Phi) is 3.98. The monoisotopic (exact) mass is 295 g/mol. The van der Waals surface area contributed by atoms with Gasteiger partial charge in [-0.05, 0) is 19.1 Å². The summed E-state index contributed by atoms with van der Waals surface area (Å²) in [5, 5.41) is 14.0.